The van der Waals surface area contributed by atoms with Gasteiger partial charge in [-0.15, -0.1) is 11.3 Å². The lowest BCUT2D eigenvalue weighted by atomic mass is 9.99. The number of benzene rings is 1. The second-order valence-electron chi connectivity index (χ2n) is 9.71. The fourth-order valence-corrected chi connectivity index (χ4v) is 7.74. The summed E-state index contributed by atoms with van der Waals surface area (Å²) in [5.41, 5.74) is -0.297. The molecule has 0 saturated carbocycles. The van der Waals surface area contributed by atoms with E-state index in [1.165, 1.54) is 40.3 Å². The molecular formula is C26H31N3O7S2. The summed E-state index contributed by atoms with van der Waals surface area (Å²) in [5, 5.41) is 0.212. The number of anilines is 1. The highest BCUT2D eigenvalue weighted by Gasteiger charge is 2.53. The predicted molar refractivity (Wildman–Crippen MR) is 144 cm³/mol. The van der Waals surface area contributed by atoms with E-state index in [-0.39, 0.29) is 29.1 Å². The number of amides is 1. The average Bonchev–Trinajstić information content (AvgIpc) is 3.48. The van der Waals surface area contributed by atoms with Crippen molar-refractivity contribution in [2.24, 2.45) is 0 Å². The number of ketones is 1. The molecule has 3 heterocycles. The van der Waals surface area contributed by atoms with Gasteiger partial charge < -0.3 is 13.9 Å². The lowest BCUT2D eigenvalue weighted by molar-refractivity contribution is -0.124. The minimum Gasteiger partial charge on any atom is -0.496 e. The number of Topliss-reactive ketones (excluding diaryl/α,β-unsaturated/α-hetero) is 1. The average molecular weight is 562 g/mol. The van der Waals surface area contributed by atoms with E-state index in [9.17, 15) is 18.0 Å². The second-order valence-corrected chi connectivity index (χ2v) is 12.4. The molecule has 10 nitrogen and oxygen atoms in total. The summed E-state index contributed by atoms with van der Waals surface area (Å²) in [4.78, 5) is 31.2. The third-order valence-corrected chi connectivity index (χ3v) is 9.90. The molecule has 12 heteroatoms. The van der Waals surface area contributed by atoms with Crippen molar-refractivity contribution >= 4 is 38.2 Å². The SMILES string of the molecule is COc1ccccc1[C@H](CN1c2sc(-c3ncco3)c(C)c2C(=O)N(C(C)(C)C(C)=O)S1(=O)=O)OC(C)C. The third kappa shape index (κ3) is 4.61. The summed E-state index contributed by atoms with van der Waals surface area (Å²) in [6, 6.07) is 7.21. The van der Waals surface area contributed by atoms with E-state index in [1.54, 1.807) is 13.0 Å². The Labute approximate surface area is 226 Å². The van der Waals surface area contributed by atoms with Crippen molar-refractivity contribution in [3.05, 3.63) is 53.4 Å². The van der Waals surface area contributed by atoms with Gasteiger partial charge in [0.25, 0.3) is 5.91 Å². The maximum Gasteiger partial charge on any atom is 0.330 e. The first-order valence-corrected chi connectivity index (χ1v) is 14.2. The quantitative estimate of drug-likeness (QED) is 0.367. The van der Waals surface area contributed by atoms with Gasteiger partial charge in [-0.2, -0.15) is 8.42 Å². The molecule has 1 amide bonds. The summed E-state index contributed by atoms with van der Waals surface area (Å²) in [5.74, 6) is -0.447. The normalized spacial score (nSPS) is 16.1. The number of fused-ring (bicyclic) bond motifs is 1. The number of aromatic nitrogens is 1. The van der Waals surface area contributed by atoms with Gasteiger partial charge in [0, 0.05) is 5.56 Å². The molecule has 1 aliphatic heterocycles. The van der Waals surface area contributed by atoms with E-state index in [0.29, 0.717) is 26.1 Å². The van der Waals surface area contributed by atoms with Gasteiger partial charge in [0.15, 0.2) is 5.78 Å². The summed E-state index contributed by atoms with van der Waals surface area (Å²) in [7, 11) is -3.00. The molecule has 1 aromatic carbocycles. The van der Waals surface area contributed by atoms with Gasteiger partial charge in [-0.1, -0.05) is 18.2 Å². The first kappa shape index (κ1) is 27.8. The van der Waals surface area contributed by atoms with Crippen molar-refractivity contribution in [2.75, 3.05) is 18.0 Å². The van der Waals surface area contributed by atoms with Gasteiger partial charge in [0.2, 0.25) is 5.89 Å². The number of hydrogen-bond donors (Lipinski definition) is 0. The van der Waals surface area contributed by atoms with Crippen molar-refractivity contribution in [3.8, 4) is 16.5 Å². The van der Waals surface area contributed by atoms with E-state index >= 15 is 0 Å². The number of thiophene rings is 1. The summed E-state index contributed by atoms with van der Waals surface area (Å²) in [6.07, 6.45) is 1.87. The van der Waals surface area contributed by atoms with Crippen LogP contribution in [0.2, 0.25) is 0 Å². The van der Waals surface area contributed by atoms with Crippen LogP contribution in [0.25, 0.3) is 10.8 Å². The molecule has 204 valence electrons. The molecule has 1 aliphatic rings. The Morgan fingerprint density at radius 2 is 1.92 bits per heavy atom. The fourth-order valence-electron chi connectivity index (χ4n) is 4.36. The van der Waals surface area contributed by atoms with Gasteiger partial charge in [-0.3, -0.25) is 9.59 Å². The monoisotopic (exact) mass is 561 g/mol. The molecule has 2 aromatic heterocycles. The lowest BCUT2D eigenvalue weighted by Gasteiger charge is -2.43. The first-order chi connectivity index (χ1) is 17.8. The fraction of sp³-hybridized carbons (Fsp3) is 0.423. The van der Waals surface area contributed by atoms with Crippen LogP contribution in [0, 0.1) is 6.92 Å². The van der Waals surface area contributed by atoms with Crippen LogP contribution in [0.4, 0.5) is 5.00 Å². The number of oxazole rings is 1. The number of methoxy groups -OCH3 is 1. The highest BCUT2D eigenvalue weighted by Crippen LogP contribution is 2.48. The maximum absolute atomic E-state index is 14.2. The van der Waals surface area contributed by atoms with Crippen LogP contribution in [-0.4, -0.2) is 54.7 Å². The van der Waals surface area contributed by atoms with Gasteiger partial charge >= 0.3 is 10.2 Å². The van der Waals surface area contributed by atoms with Crippen molar-refractivity contribution in [2.45, 2.75) is 59.3 Å². The molecule has 4 rings (SSSR count). The Bertz CT molecular complexity index is 1460. The molecule has 0 fully saturated rings. The highest BCUT2D eigenvalue weighted by molar-refractivity contribution is 7.91. The Balaban J connectivity index is 1.96. The largest absolute Gasteiger partial charge is 0.496 e. The first-order valence-electron chi connectivity index (χ1n) is 12.0. The number of para-hydroxylation sites is 1. The topological polar surface area (TPSA) is 119 Å². The van der Waals surface area contributed by atoms with Crippen molar-refractivity contribution in [1.82, 2.24) is 9.29 Å². The molecular weight excluding hydrogens is 530 g/mol. The third-order valence-electron chi connectivity index (χ3n) is 6.51. The number of ether oxygens (including phenoxy) is 2. The van der Waals surface area contributed by atoms with E-state index in [0.717, 1.165) is 15.6 Å². The number of rotatable bonds is 9. The summed E-state index contributed by atoms with van der Waals surface area (Å²) < 4.78 is 47.5. The number of carbonyl (C=O) groups is 2. The molecule has 0 unspecified atom stereocenters. The van der Waals surface area contributed by atoms with Crippen LogP contribution in [0.5, 0.6) is 5.75 Å². The van der Waals surface area contributed by atoms with E-state index in [2.05, 4.69) is 4.98 Å². The van der Waals surface area contributed by atoms with Crippen molar-refractivity contribution < 1.29 is 31.9 Å². The molecule has 0 bridgehead atoms. The number of nitrogens with zero attached hydrogens (tertiary/aromatic N) is 3. The van der Waals surface area contributed by atoms with Crippen molar-refractivity contribution in [1.29, 1.82) is 0 Å². The van der Waals surface area contributed by atoms with Gasteiger partial charge in [-0.25, -0.2) is 13.6 Å². The zero-order chi connectivity index (χ0) is 28.0. The van der Waals surface area contributed by atoms with Crippen LogP contribution < -0.4 is 9.04 Å². The molecule has 3 aromatic rings. The molecule has 0 saturated heterocycles. The Kier molecular flexibility index (Phi) is 7.43. The molecule has 1 atom stereocenters. The van der Waals surface area contributed by atoms with E-state index < -0.39 is 33.5 Å². The Morgan fingerprint density at radius 1 is 1.24 bits per heavy atom. The highest BCUT2D eigenvalue weighted by atomic mass is 32.2. The molecule has 0 N–H and O–H groups in total. The van der Waals surface area contributed by atoms with E-state index in [1.807, 2.05) is 32.0 Å². The van der Waals surface area contributed by atoms with Crippen LogP contribution in [0.3, 0.4) is 0 Å². The van der Waals surface area contributed by atoms with E-state index in [4.69, 9.17) is 13.9 Å². The van der Waals surface area contributed by atoms with Crippen LogP contribution in [0.15, 0.2) is 41.1 Å². The number of carbonyl (C=O) groups excluding carboxylic acids is 2. The molecule has 38 heavy (non-hydrogen) atoms. The number of hydrogen-bond acceptors (Lipinski definition) is 9. The van der Waals surface area contributed by atoms with Gasteiger partial charge in [0.1, 0.15) is 28.7 Å². The molecule has 0 spiro atoms. The standard InChI is InChI=1S/C26H31N3O7S2/c1-15(2)36-20(18-10-8-9-11-19(18)34-7)14-28-25-21(16(3)22(37-25)23-27-12-13-35-23)24(31)29(38(28,32)33)26(5,6)17(4)30/h8-13,15,20H,14H2,1-7H3/t20-/m0/s1. The molecule has 0 aliphatic carbocycles. The van der Waals surface area contributed by atoms with Crippen LogP contribution in [-0.2, 0) is 19.7 Å². The smallest absolute Gasteiger partial charge is 0.330 e. The second kappa shape index (κ2) is 10.2. The van der Waals surface area contributed by atoms with Gasteiger partial charge in [0.05, 0.1) is 36.4 Å². The Hall–Kier alpha value is -3.22. The predicted octanol–water partition coefficient (Wildman–Crippen LogP) is 4.76. The van der Waals surface area contributed by atoms with Gasteiger partial charge in [-0.05, 0) is 53.2 Å². The summed E-state index contributed by atoms with van der Waals surface area (Å²) >= 11 is 1.09. The maximum atomic E-state index is 14.2. The molecule has 0 radical (unpaired) electrons. The Morgan fingerprint density at radius 3 is 2.50 bits per heavy atom. The minimum absolute atomic E-state index is 0.170. The van der Waals surface area contributed by atoms with Crippen LogP contribution in [0.1, 0.15) is 62.2 Å². The van der Waals surface area contributed by atoms with Crippen LogP contribution >= 0.6 is 11.3 Å². The minimum atomic E-state index is -4.53. The zero-order valence-electron chi connectivity index (χ0n) is 22.3. The van der Waals surface area contributed by atoms with Crippen molar-refractivity contribution in [3.63, 3.8) is 0 Å². The summed E-state index contributed by atoms with van der Waals surface area (Å²) in [6.45, 7) is 9.36. The lowest BCUT2D eigenvalue weighted by Crippen LogP contribution is -2.62. The zero-order valence-corrected chi connectivity index (χ0v) is 24.0.